The number of carboxylic acid groups (broad SMARTS) is 1. The van der Waals surface area contributed by atoms with Crippen LogP contribution >= 0.6 is 11.6 Å². The topological polar surface area (TPSA) is 98.7 Å². The predicted molar refractivity (Wildman–Crippen MR) is 134 cm³/mol. The van der Waals surface area contributed by atoms with E-state index >= 15 is 0 Å². The molecule has 3 rings (SSSR count). The van der Waals surface area contributed by atoms with Crippen LogP contribution in [0.2, 0.25) is 5.02 Å². The Morgan fingerprint density at radius 1 is 0.794 bits per heavy atom. The van der Waals surface area contributed by atoms with Gasteiger partial charge in [-0.05, 0) is 65.6 Å². The molecule has 0 aliphatic carbocycles. The highest BCUT2D eigenvalue weighted by molar-refractivity contribution is 6.30. The number of amides is 3. The zero-order valence-electron chi connectivity index (χ0n) is 19.1. The monoisotopic (exact) mass is 479 g/mol. The molecule has 0 aliphatic heterocycles. The molecule has 0 spiro atoms. The zero-order valence-corrected chi connectivity index (χ0v) is 19.8. The van der Waals surface area contributed by atoms with Gasteiger partial charge in [0.05, 0.1) is 0 Å². The lowest BCUT2D eigenvalue weighted by Crippen LogP contribution is -2.45. The number of hydrogen-bond donors (Lipinski definition) is 3. The molecule has 0 saturated heterocycles. The number of hydrogen-bond acceptors (Lipinski definition) is 3. The minimum absolute atomic E-state index is 0.217. The minimum atomic E-state index is -1.03. The second-order valence-corrected chi connectivity index (χ2v) is 8.62. The molecule has 8 heteroatoms. The Morgan fingerprint density at radius 3 is 1.68 bits per heavy atom. The number of aliphatic carboxylic acids is 1. The highest BCUT2D eigenvalue weighted by Crippen LogP contribution is 2.23. The lowest BCUT2D eigenvalue weighted by atomic mass is 10.0. The van der Waals surface area contributed by atoms with Crippen molar-refractivity contribution in [2.75, 3.05) is 17.7 Å². The van der Waals surface area contributed by atoms with Crippen LogP contribution in [0.3, 0.4) is 0 Å². The SMILES string of the molecule is CC(C)[C@@H](C(=O)O)N(C)C(=O)c1ccc(-c2ccc(NC(=O)Nc3ccc(Cl)cc3)cc2)cc1. The van der Waals surface area contributed by atoms with E-state index in [1.807, 2.05) is 24.3 Å². The summed E-state index contributed by atoms with van der Waals surface area (Å²) in [6.45, 7) is 3.54. The zero-order chi connectivity index (χ0) is 24.8. The van der Waals surface area contributed by atoms with Crippen molar-refractivity contribution in [3.8, 4) is 11.1 Å². The van der Waals surface area contributed by atoms with Crippen molar-refractivity contribution >= 4 is 40.9 Å². The minimum Gasteiger partial charge on any atom is -0.480 e. The van der Waals surface area contributed by atoms with E-state index in [0.717, 1.165) is 11.1 Å². The van der Waals surface area contributed by atoms with Gasteiger partial charge in [-0.15, -0.1) is 0 Å². The first-order chi connectivity index (χ1) is 16.2. The van der Waals surface area contributed by atoms with Crippen LogP contribution in [-0.4, -0.2) is 41.0 Å². The molecule has 0 unspecified atom stereocenters. The Morgan fingerprint density at radius 2 is 1.24 bits per heavy atom. The molecule has 34 heavy (non-hydrogen) atoms. The number of nitrogens with zero attached hydrogens (tertiary/aromatic N) is 1. The fourth-order valence-corrected chi connectivity index (χ4v) is 3.73. The molecule has 3 aromatic rings. The normalized spacial score (nSPS) is 11.6. The Labute approximate surface area is 203 Å². The van der Waals surface area contributed by atoms with Crippen molar-refractivity contribution in [1.29, 1.82) is 0 Å². The molecule has 0 radical (unpaired) electrons. The molecule has 0 fully saturated rings. The molecule has 0 aliphatic rings. The summed E-state index contributed by atoms with van der Waals surface area (Å²) in [5.74, 6) is -1.59. The molecule has 3 N–H and O–H groups in total. The maximum Gasteiger partial charge on any atom is 0.326 e. The third-order valence-corrected chi connectivity index (χ3v) is 5.58. The highest BCUT2D eigenvalue weighted by Gasteiger charge is 2.29. The Hall–Kier alpha value is -3.84. The van der Waals surface area contributed by atoms with E-state index in [1.54, 1.807) is 62.4 Å². The van der Waals surface area contributed by atoms with Gasteiger partial charge < -0.3 is 20.6 Å². The lowest BCUT2D eigenvalue weighted by Gasteiger charge is -2.27. The van der Waals surface area contributed by atoms with E-state index in [9.17, 15) is 19.5 Å². The first-order valence-electron chi connectivity index (χ1n) is 10.7. The van der Waals surface area contributed by atoms with Gasteiger partial charge in [-0.1, -0.05) is 49.7 Å². The Balaban J connectivity index is 1.64. The highest BCUT2D eigenvalue weighted by atomic mass is 35.5. The molecule has 0 heterocycles. The number of likely N-dealkylation sites (N-methyl/N-ethyl adjacent to an activating group) is 1. The number of benzene rings is 3. The van der Waals surface area contributed by atoms with Crippen molar-refractivity contribution < 1.29 is 19.5 Å². The summed E-state index contributed by atoms with van der Waals surface area (Å²) >= 11 is 5.85. The average molecular weight is 480 g/mol. The van der Waals surface area contributed by atoms with Crippen LogP contribution in [0.25, 0.3) is 11.1 Å². The molecule has 0 saturated carbocycles. The molecule has 1 atom stereocenters. The summed E-state index contributed by atoms with van der Waals surface area (Å²) in [6.07, 6.45) is 0. The van der Waals surface area contributed by atoms with E-state index in [2.05, 4.69) is 10.6 Å². The van der Waals surface area contributed by atoms with Crippen LogP contribution in [0.1, 0.15) is 24.2 Å². The average Bonchev–Trinajstić information content (AvgIpc) is 2.80. The van der Waals surface area contributed by atoms with Crippen LogP contribution in [0.5, 0.6) is 0 Å². The quantitative estimate of drug-likeness (QED) is 0.397. The number of carbonyl (C=O) groups is 3. The van der Waals surface area contributed by atoms with Crippen LogP contribution in [0.4, 0.5) is 16.2 Å². The number of anilines is 2. The first-order valence-corrected chi connectivity index (χ1v) is 11.1. The third-order valence-electron chi connectivity index (χ3n) is 5.33. The summed E-state index contributed by atoms with van der Waals surface area (Å²) < 4.78 is 0. The van der Waals surface area contributed by atoms with Gasteiger partial charge in [0.2, 0.25) is 0 Å². The summed E-state index contributed by atoms with van der Waals surface area (Å²) in [7, 11) is 1.50. The van der Waals surface area contributed by atoms with E-state index in [-0.39, 0.29) is 17.9 Å². The molecule has 3 amide bonds. The van der Waals surface area contributed by atoms with Gasteiger partial charge in [-0.25, -0.2) is 9.59 Å². The van der Waals surface area contributed by atoms with Crippen LogP contribution in [-0.2, 0) is 4.79 Å². The number of rotatable bonds is 7. The van der Waals surface area contributed by atoms with Crippen LogP contribution in [0.15, 0.2) is 72.8 Å². The van der Waals surface area contributed by atoms with Gasteiger partial charge in [0, 0.05) is 29.0 Å². The number of nitrogens with one attached hydrogen (secondary N) is 2. The van der Waals surface area contributed by atoms with Gasteiger partial charge in [-0.2, -0.15) is 0 Å². The second kappa shape index (κ2) is 10.9. The number of carboxylic acids is 1. The van der Waals surface area contributed by atoms with Gasteiger partial charge in [0.25, 0.3) is 5.91 Å². The number of urea groups is 1. The van der Waals surface area contributed by atoms with Gasteiger partial charge in [-0.3, -0.25) is 4.79 Å². The predicted octanol–water partition coefficient (Wildman–Crippen LogP) is 5.83. The van der Waals surface area contributed by atoms with E-state index < -0.39 is 12.0 Å². The van der Waals surface area contributed by atoms with Crippen molar-refractivity contribution in [3.63, 3.8) is 0 Å². The Bertz CT molecular complexity index is 1160. The van der Waals surface area contributed by atoms with Crippen LogP contribution < -0.4 is 10.6 Å². The fourth-order valence-electron chi connectivity index (χ4n) is 3.61. The summed E-state index contributed by atoms with van der Waals surface area (Å²) in [5.41, 5.74) is 3.45. The smallest absolute Gasteiger partial charge is 0.326 e. The van der Waals surface area contributed by atoms with E-state index in [4.69, 9.17) is 11.6 Å². The second-order valence-electron chi connectivity index (χ2n) is 8.18. The summed E-state index contributed by atoms with van der Waals surface area (Å²) in [4.78, 5) is 37.7. The Kier molecular flexibility index (Phi) is 7.91. The van der Waals surface area contributed by atoms with Crippen molar-refractivity contribution in [1.82, 2.24) is 4.90 Å². The van der Waals surface area contributed by atoms with Crippen LogP contribution in [0, 0.1) is 5.92 Å². The molecule has 7 nitrogen and oxygen atoms in total. The van der Waals surface area contributed by atoms with Crippen molar-refractivity contribution in [2.24, 2.45) is 5.92 Å². The first kappa shape index (κ1) is 24.8. The summed E-state index contributed by atoms with van der Waals surface area (Å²) in [6, 6.07) is 19.8. The molecule has 0 bridgehead atoms. The maximum atomic E-state index is 12.7. The standard InChI is InChI=1S/C26H26ClN3O4/c1-16(2)23(25(32)33)30(3)24(31)19-6-4-17(5-7-19)18-8-12-21(13-9-18)28-26(34)29-22-14-10-20(27)11-15-22/h4-16,23H,1-3H3,(H,32,33)(H2,28,29,34)/t23-/m0/s1. The van der Waals surface area contributed by atoms with Gasteiger partial charge in [0.1, 0.15) is 6.04 Å². The molecule has 176 valence electrons. The third kappa shape index (κ3) is 6.14. The largest absolute Gasteiger partial charge is 0.480 e. The van der Waals surface area contributed by atoms with Gasteiger partial charge >= 0.3 is 12.0 Å². The molecule has 3 aromatic carbocycles. The van der Waals surface area contributed by atoms with Crippen molar-refractivity contribution in [2.45, 2.75) is 19.9 Å². The fraction of sp³-hybridized carbons (Fsp3) is 0.192. The van der Waals surface area contributed by atoms with Gasteiger partial charge in [0.15, 0.2) is 0 Å². The number of carbonyl (C=O) groups excluding carboxylic acids is 2. The molecule has 0 aromatic heterocycles. The number of halogens is 1. The lowest BCUT2D eigenvalue weighted by molar-refractivity contribution is -0.143. The maximum absolute atomic E-state index is 12.7. The van der Waals surface area contributed by atoms with Crippen molar-refractivity contribution in [3.05, 3.63) is 83.4 Å². The summed E-state index contributed by atoms with van der Waals surface area (Å²) in [5, 5.41) is 15.5. The van der Waals surface area contributed by atoms with E-state index in [0.29, 0.717) is 22.0 Å². The molecular formula is C26H26ClN3O4. The molecular weight excluding hydrogens is 454 g/mol. The van der Waals surface area contributed by atoms with E-state index in [1.165, 1.54) is 11.9 Å².